The third-order valence-electron chi connectivity index (χ3n) is 1.42. The second kappa shape index (κ2) is 3.85. The molecule has 0 aliphatic rings. The molecule has 0 spiro atoms. The average molecular weight is 167 g/mol. The summed E-state index contributed by atoms with van der Waals surface area (Å²) in [6.45, 7) is 3.89. The van der Waals surface area contributed by atoms with E-state index >= 15 is 0 Å². The lowest BCUT2D eigenvalue weighted by Crippen LogP contribution is -1.92. The molecule has 3 nitrogen and oxygen atoms in total. The van der Waals surface area contributed by atoms with Crippen molar-refractivity contribution in [1.82, 2.24) is 0 Å². The molecule has 0 unspecified atom stereocenters. The number of hydrogen-bond acceptors (Lipinski definition) is 3. The van der Waals surface area contributed by atoms with Gasteiger partial charge in [0.1, 0.15) is 5.75 Å². The summed E-state index contributed by atoms with van der Waals surface area (Å²) >= 11 is 0. The van der Waals surface area contributed by atoms with Gasteiger partial charge in [0.25, 0.3) is 0 Å². The van der Waals surface area contributed by atoms with Crippen LogP contribution in [0.25, 0.3) is 0 Å². The first-order valence-corrected chi connectivity index (χ1v) is 3.57. The molecule has 1 aromatic carbocycles. The molecule has 0 amide bonds. The summed E-state index contributed by atoms with van der Waals surface area (Å²) in [5, 5.41) is 9.21. The summed E-state index contributed by atoms with van der Waals surface area (Å²) in [6.07, 6.45) is 0. The van der Waals surface area contributed by atoms with Crippen LogP contribution in [-0.4, -0.2) is 18.8 Å². The highest BCUT2D eigenvalue weighted by Gasteiger charge is 2.01. The second-order valence-corrected chi connectivity index (χ2v) is 2.18. The minimum Gasteiger partial charge on any atom is -0.504 e. The lowest BCUT2D eigenvalue weighted by Gasteiger charge is -2.06. The highest BCUT2D eigenvalue weighted by molar-refractivity contribution is 5.44. The van der Waals surface area contributed by atoms with E-state index in [1.54, 1.807) is 12.1 Å². The summed E-state index contributed by atoms with van der Waals surface area (Å²) in [6, 6.07) is 4.79. The van der Waals surface area contributed by atoms with Gasteiger partial charge >= 0.3 is 0 Å². The molecule has 0 saturated carbocycles. The zero-order valence-corrected chi connectivity index (χ0v) is 6.91. The first-order chi connectivity index (χ1) is 5.77. The zero-order valence-electron chi connectivity index (χ0n) is 6.91. The fourth-order valence-corrected chi connectivity index (χ4v) is 0.866. The fraction of sp³-hybridized carbons (Fsp3) is 0.222. The number of methoxy groups -OCH3 is 1. The number of phenols is 1. The maximum Gasteiger partial charge on any atom is 0.164 e. The van der Waals surface area contributed by atoms with E-state index in [4.69, 9.17) is 9.47 Å². The van der Waals surface area contributed by atoms with Gasteiger partial charge in [-0.05, 0) is 19.1 Å². The molecule has 0 saturated heterocycles. The van der Waals surface area contributed by atoms with Crippen molar-refractivity contribution in [2.75, 3.05) is 13.7 Å². The molecule has 0 aliphatic heterocycles. The minimum atomic E-state index is 0.105. The van der Waals surface area contributed by atoms with E-state index in [2.05, 4.69) is 6.92 Å². The first kappa shape index (κ1) is 8.71. The Morgan fingerprint density at radius 2 is 2.25 bits per heavy atom. The van der Waals surface area contributed by atoms with Crippen molar-refractivity contribution in [3.8, 4) is 17.2 Å². The van der Waals surface area contributed by atoms with E-state index in [-0.39, 0.29) is 5.75 Å². The van der Waals surface area contributed by atoms with Gasteiger partial charge in [0.05, 0.1) is 13.7 Å². The molecule has 12 heavy (non-hydrogen) atoms. The summed E-state index contributed by atoms with van der Waals surface area (Å²) < 4.78 is 9.98. The Morgan fingerprint density at radius 3 is 2.83 bits per heavy atom. The van der Waals surface area contributed by atoms with Gasteiger partial charge in [-0.1, -0.05) is 0 Å². The molecule has 1 N–H and O–H groups in total. The van der Waals surface area contributed by atoms with Crippen molar-refractivity contribution in [2.45, 2.75) is 0 Å². The predicted octanol–water partition coefficient (Wildman–Crippen LogP) is 1.61. The van der Waals surface area contributed by atoms with Crippen LogP contribution in [0.15, 0.2) is 18.2 Å². The number of hydrogen-bond donors (Lipinski definition) is 1. The minimum absolute atomic E-state index is 0.105. The largest absolute Gasteiger partial charge is 0.504 e. The Balaban J connectivity index is 2.89. The van der Waals surface area contributed by atoms with Crippen LogP contribution in [0.1, 0.15) is 0 Å². The van der Waals surface area contributed by atoms with Gasteiger partial charge in [-0.25, -0.2) is 0 Å². The van der Waals surface area contributed by atoms with Crippen LogP contribution in [0.4, 0.5) is 0 Å². The van der Waals surface area contributed by atoms with Crippen molar-refractivity contribution in [1.29, 1.82) is 0 Å². The number of rotatable bonds is 3. The van der Waals surface area contributed by atoms with Gasteiger partial charge in [-0.15, -0.1) is 0 Å². The normalized spacial score (nSPS) is 9.50. The van der Waals surface area contributed by atoms with Crippen LogP contribution in [0, 0.1) is 6.92 Å². The van der Waals surface area contributed by atoms with Crippen LogP contribution in [-0.2, 0) is 0 Å². The third-order valence-corrected chi connectivity index (χ3v) is 1.42. The highest BCUT2D eigenvalue weighted by atomic mass is 16.5. The van der Waals surface area contributed by atoms with E-state index in [9.17, 15) is 5.11 Å². The van der Waals surface area contributed by atoms with Crippen molar-refractivity contribution in [3.63, 3.8) is 0 Å². The van der Waals surface area contributed by atoms with E-state index in [0.29, 0.717) is 18.1 Å². The van der Waals surface area contributed by atoms with Crippen LogP contribution < -0.4 is 9.47 Å². The number of phenolic OH excluding ortho intramolecular Hbond substituents is 1. The Hall–Kier alpha value is -1.38. The smallest absolute Gasteiger partial charge is 0.164 e. The van der Waals surface area contributed by atoms with Crippen LogP contribution in [0.3, 0.4) is 0 Å². The van der Waals surface area contributed by atoms with Crippen molar-refractivity contribution < 1.29 is 14.6 Å². The number of benzene rings is 1. The summed E-state index contributed by atoms with van der Waals surface area (Å²) in [5.41, 5.74) is 0. The monoisotopic (exact) mass is 167 g/mol. The molecular formula is C9H11O3. The standard InChI is InChI=1S/C9H11O3/c1-3-12-7-4-5-8(10)9(6-7)11-2/h4-6,10H,1,3H2,2H3. The SMILES string of the molecule is [CH2]COc1ccc(O)c(OC)c1. The molecule has 0 aromatic heterocycles. The average Bonchev–Trinajstić information content (AvgIpc) is 2.09. The van der Waals surface area contributed by atoms with Crippen molar-refractivity contribution in [3.05, 3.63) is 25.1 Å². The summed E-state index contributed by atoms with van der Waals surface area (Å²) in [7, 11) is 1.49. The molecular weight excluding hydrogens is 156 g/mol. The molecule has 0 heterocycles. The maximum atomic E-state index is 9.21. The quantitative estimate of drug-likeness (QED) is 0.743. The Bertz CT molecular complexity index is 258. The molecule has 0 fully saturated rings. The van der Waals surface area contributed by atoms with Crippen molar-refractivity contribution >= 4 is 0 Å². The van der Waals surface area contributed by atoms with Gasteiger partial charge in [-0.3, -0.25) is 0 Å². The van der Waals surface area contributed by atoms with Crippen LogP contribution >= 0.6 is 0 Å². The molecule has 3 heteroatoms. The lowest BCUT2D eigenvalue weighted by atomic mass is 10.3. The van der Waals surface area contributed by atoms with Gasteiger partial charge in [0.15, 0.2) is 11.5 Å². The Morgan fingerprint density at radius 1 is 1.50 bits per heavy atom. The molecule has 0 bridgehead atoms. The van der Waals surface area contributed by atoms with Crippen molar-refractivity contribution in [2.24, 2.45) is 0 Å². The zero-order chi connectivity index (χ0) is 8.97. The van der Waals surface area contributed by atoms with Crippen LogP contribution in [0.5, 0.6) is 17.2 Å². The van der Waals surface area contributed by atoms with Gasteiger partial charge < -0.3 is 14.6 Å². The van der Waals surface area contributed by atoms with E-state index in [1.165, 1.54) is 13.2 Å². The van der Waals surface area contributed by atoms with E-state index < -0.39 is 0 Å². The summed E-state index contributed by atoms with van der Waals surface area (Å²) in [4.78, 5) is 0. The Labute approximate surface area is 71.5 Å². The third kappa shape index (κ3) is 1.81. The van der Waals surface area contributed by atoms with Gasteiger partial charge in [0, 0.05) is 6.07 Å². The summed E-state index contributed by atoms with van der Waals surface area (Å²) in [5.74, 6) is 1.15. The number of aromatic hydroxyl groups is 1. The molecule has 65 valence electrons. The second-order valence-electron chi connectivity index (χ2n) is 2.18. The molecule has 1 radical (unpaired) electrons. The van der Waals surface area contributed by atoms with Gasteiger partial charge in [0.2, 0.25) is 0 Å². The number of ether oxygens (including phenoxy) is 2. The van der Waals surface area contributed by atoms with Crippen LogP contribution in [0.2, 0.25) is 0 Å². The topological polar surface area (TPSA) is 38.7 Å². The first-order valence-electron chi connectivity index (χ1n) is 3.57. The Kier molecular flexibility index (Phi) is 2.80. The van der Waals surface area contributed by atoms with E-state index in [1.807, 2.05) is 0 Å². The lowest BCUT2D eigenvalue weighted by molar-refractivity contribution is 0.346. The molecule has 0 aliphatic carbocycles. The molecule has 0 atom stereocenters. The van der Waals surface area contributed by atoms with E-state index in [0.717, 1.165) is 0 Å². The highest BCUT2D eigenvalue weighted by Crippen LogP contribution is 2.29. The molecule has 1 rings (SSSR count). The predicted molar refractivity (Wildman–Crippen MR) is 45.5 cm³/mol. The fourth-order valence-electron chi connectivity index (χ4n) is 0.866. The maximum absolute atomic E-state index is 9.21. The van der Waals surface area contributed by atoms with Gasteiger partial charge in [-0.2, -0.15) is 0 Å². The molecule has 1 aromatic rings.